The Balaban J connectivity index is 1.33. The van der Waals surface area contributed by atoms with Crippen LogP contribution in [0.25, 0.3) is 110 Å². The minimum absolute atomic E-state index is 0.711. The highest BCUT2D eigenvalue weighted by atomic mass is 15.0. The van der Waals surface area contributed by atoms with Crippen LogP contribution in [-0.4, -0.2) is 18.8 Å². The summed E-state index contributed by atoms with van der Waals surface area (Å²) in [6, 6.07) is 61.1. The maximum atomic E-state index is 5.28. The fraction of sp³-hybridized carbons (Fsp3) is 0. The quantitative estimate of drug-likeness (QED) is 0.185. The number of nitrogens with zero attached hydrogens (tertiary/aromatic N) is 4. The molecule has 0 aliphatic rings. The number of benzene rings is 8. The van der Waals surface area contributed by atoms with Crippen molar-refractivity contribution in [2.75, 3.05) is 0 Å². The predicted molar refractivity (Wildman–Crippen MR) is 217 cm³/mol. The maximum absolute atomic E-state index is 5.28. The zero-order chi connectivity index (χ0) is 33.9. The summed E-state index contributed by atoms with van der Waals surface area (Å²) in [6.07, 6.45) is 0. The number of para-hydroxylation sites is 4. The van der Waals surface area contributed by atoms with Crippen molar-refractivity contribution >= 4 is 87.1 Å². The van der Waals surface area contributed by atoms with Crippen molar-refractivity contribution in [3.8, 4) is 22.6 Å². The molecular formula is C48H28N4. The molecular weight excluding hydrogens is 633 g/mol. The molecule has 0 fully saturated rings. The molecule has 12 aromatic rings. The van der Waals surface area contributed by atoms with Crippen LogP contribution < -0.4 is 0 Å². The van der Waals surface area contributed by atoms with Gasteiger partial charge in [-0.25, -0.2) is 9.97 Å². The Morgan fingerprint density at radius 2 is 0.808 bits per heavy atom. The van der Waals surface area contributed by atoms with Crippen LogP contribution >= 0.6 is 0 Å². The van der Waals surface area contributed by atoms with Gasteiger partial charge >= 0.3 is 0 Å². The predicted octanol–water partition coefficient (Wildman–Crippen LogP) is 12.4. The van der Waals surface area contributed by atoms with Gasteiger partial charge in [0.1, 0.15) is 0 Å². The van der Waals surface area contributed by atoms with Gasteiger partial charge < -0.3 is 8.80 Å². The highest BCUT2D eigenvalue weighted by Gasteiger charge is 2.24. The molecule has 240 valence electrons. The standard InChI is InChI=1S/C48H28N4/c1-2-14-29(15-3-1)45-34-19-6-10-22-38(34)49-48(50-45)30-26-27-42-37(28-30)31-16-7-11-23-39(31)51-40-24-12-8-20-35(40)43-32-17-4-5-18-33(32)44-36-21-9-13-25-41(36)52(42)47(44)46(43)51/h1-28H. The number of fused-ring (bicyclic) bond motifs is 15. The molecule has 0 N–H and O–H groups in total. The van der Waals surface area contributed by atoms with Gasteiger partial charge in [0, 0.05) is 48.8 Å². The highest BCUT2D eigenvalue weighted by molar-refractivity contribution is 6.37. The summed E-state index contributed by atoms with van der Waals surface area (Å²) in [5.41, 5.74) is 11.1. The van der Waals surface area contributed by atoms with Gasteiger partial charge in [0.15, 0.2) is 5.82 Å². The van der Waals surface area contributed by atoms with Gasteiger partial charge in [-0.15, -0.1) is 0 Å². The molecule has 52 heavy (non-hydrogen) atoms. The van der Waals surface area contributed by atoms with Crippen molar-refractivity contribution in [2.45, 2.75) is 0 Å². The Labute approximate surface area is 297 Å². The topological polar surface area (TPSA) is 34.6 Å². The lowest BCUT2D eigenvalue weighted by molar-refractivity contribution is 1.23. The van der Waals surface area contributed by atoms with Crippen LogP contribution in [0, 0.1) is 0 Å². The Bertz CT molecular complexity index is 3460. The number of hydrogen-bond donors (Lipinski definition) is 0. The Morgan fingerprint density at radius 3 is 1.44 bits per heavy atom. The highest BCUT2D eigenvalue weighted by Crippen LogP contribution is 2.46. The lowest BCUT2D eigenvalue weighted by Gasteiger charge is -2.13. The molecule has 4 aromatic heterocycles. The molecule has 0 aliphatic carbocycles. The Kier molecular flexibility index (Phi) is 5.47. The largest absolute Gasteiger partial charge is 0.307 e. The molecule has 0 radical (unpaired) electrons. The second-order valence-corrected chi connectivity index (χ2v) is 13.7. The summed E-state index contributed by atoms with van der Waals surface area (Å²) in [6.45, 7) is 0. The number of aromatic nitrogens is 4. The summed E-state index contributed by atoms with van der Waals surface area (Å²) in [5, 5.41) is 11.0. The molecule has 0 bridgehead atoms. The fourth-order valence-electron chi connectivity index (χ4n) is 8.90. The molecule has 0 aliphatic heterocycles. The lowest BCUT2D eigenvalue weighted by Crippen LogP contribution is -1.97. The summed E-state index contributed by atoms with van der Waals surface area (Å²) in [5.74, 6) is 0.711. The van der Waals surface area contributed by atoms with Crippen molar-refractivity contribution in [2.24, 2.45) is 0 Å². The summed E-state index contributed by atoms with van der Waals surface area (Å²) >= 11 is 0. The van der Waals surface area contributed by atoms with E-state index in [2.05, 4.69) is 173 Å². The molecule has 4 heterocycles. The van der Waals surface area contributed by atoms with E-state index >= 15 is 0 Å². The minimum atomic E-state index is 0.711. The monoisotopic (exact) mass is 660 g/mol. The molecule has 8 aromatic carbocycles. The van der Waals surface area contributed by atoms with E-state index in [0.29, 0.717) is 5.82 Å². The van der Waals surface area contributed by atoms with Gasteiger partial charge in [0.05, 0.1) is 44.3 Å². The molecule has 0 amide bonds. The normalized spacial score (nSPS) is 12.2. The van der Waals surface area contributed by atoms with Crippen LogP contribution in [-0.2, 0) is 0 Å². The van der Waals surface area contributed by atoms with E-state index in [1.165, 1.54) is 54.4 Å². The van der Waals surface area contributed by atoms with E-state index < -0.39 is 0 Å². The van der Waals surface area contributed by atoms with Gasteiger partial charge in [-0.2, -0.15) is 0 Å². The summed E-state index contributed by atoms with van der Waals surface area (Å²) in [4.78, 5) is 10.4. The second-order valence-electron chi connectivity index (χ2n) is 13.7. The first kappa shape index (κ1) is 27.7. The van der Waals surface area contributed by atoms with Crippen LogP contribution in [0.5, 0.6) is 0 Å². The van der Waals surface area contributed by atoms with Crippen LogP contribution in [0.2, 0.25) is 0 Å². The lowest BCUT2D eigenvalue weighted by atomic mass is 9.98. The smallest absolute Gasteiger partial charge is 0.160 e. The van der Waals surface area contributed by atoms with E-state index in [9.17, 15) is 0 Å². The summed E-state index contributed by atoms with van der Waals surface area (Å²) < 4.78 is 5.03. The third kappa shape index (κ3) is 3.60. The van der Waals surface area contributed by atoms with Crippen molar-refractivity contribution in [1.29, 1.82) is 0 Å². The summed E-state index contributed by atoms with van der Waals surface area (Å²) in [7, 11) is 0. The molecule has 0 atom stereocenters. The van der Waals surface area contributed by atoms with E-state index in [1.807, 2.05) is 6.07 Å². The average Bonchev–Trinajstić information content (AvgIpc) is 3.74. The number of rotatable bonds is 2. The van der Waals surface area contributed by atoms with Gasteiger partial charge in [-0.1, -0.05) is 127 Å². The fourth-order valence-corrected chi connectivity index (χ4v) is 8.90. The molecule has 0 saturated carbocycles. The zero-order valence-corrected chi connectivity index (χ0v) is 28.0. The molecule has 4 nitrogen and oxygen atoms in total. The Morgan fingerprint density at radius 1 is 0.327 bits per heavy atom. The zero-order valence-electron chi connectivity index (χ0n) is 28.0. The van der Waals surface area contributed by atoms with E-state index in [0.717, 1.165) is 49.5 Å². The van der Waals surface area contributed by atoms with E-state index in [1.54, 1.807) is 0 Å². The maximum Gasteiger partial charge on any atom is 0.160 e. The van der Waals surface area contributed by atoms with Gasteiger partial charge in [0.25, 0.3) is 0 Å². The molecule has 4 heteroatoms. The van der Waals surface area contributed by atoms with Crippen LogP contribution in [0.15, 0.2) is 170 Å². The van der Waals surface area contributed by atoms with Crippen molar-refractivity contribution in [1.82, 2.24) is 18.8 Å². The van der Waals surface area contributed by atoms with Crippen molar-refractivity contribution < 1.29 is 0 Å². The molecule has 0 unspecified atom stereocenters. The molecule has 0 saturated heterocycles. The molecule has 12 rings (SSSR count). The van der Waals surface area contributed by atoms with Crippen LogP contribution in [0.3, 0.4) is 0 Å². The second kappa shape index (κ2) is 10.3. The van der Waals surface area contributed by atoms with E-state index in [-0.39, 0.29) is 0 Å². The van der Waals surface area contributed by atoms with Crippen molar-refractivity contribution in [3.63, 3.8) is 0 Å². The molecule has 0 spiro atoms. The van der Waals surface area contributed by atoms with Gasteiger partial charge in [-0.3, -0.25) is 0 Å². The number of hydrogen-bond acceptors (Lipinski definition) is 2. The van der Waals surface area contributed by atoms with Crippen LogP contribution in [0.1, 0.15) is 0 Å². The van der Waals surface area contributed by atoms with Crippen molar-refractivity contribution in [3.05, 3.63) is 170 Å². The first-order chi connectivity index (χ1) is 25.8. The van der Waals surface area contributed by atoms with Crippen LogP contribution in [0.4, 0.5) is 0 Å². The first-order valence-electron chi connectivity index (χ1n) is 17.8. The minimum Gasteiger partial charge on any atom is -0.307 e. The third-order valence-electron chi connectivity index (χ3n) is 11.0. The first-order valence-corrected chi connectivity index (χ1v) is 17.8. The average molecular weight is 661 g/mol. The Hall–Kier alpha value is -7.04. The van der Waals surface area contributed by atoms with Gasteiger partial charge in [-0.05, 0) is 53.2 Å². The van der Waals surface area contributed by atoms with Gasteiger partial charge in [0.2, 0.25) is 0 Å². The third-order valence-corrected chi connectivity index (χ3v) is 11.0. The van der Waals surface area contributed by atoms with E-state index in [4.69, 9.17) is 9.97 Å². The SMILES string of the molecule is c1ccc(-c2nc(-c3ccc4c(c3)c3ccccc3n3c5ccccc5c5c6ccccc6c6c7ccccc7n4c6c53)nc3ccccc23)cc1.